The zero-order chi connectivity index (χ0) is 14.9. The molecule has 0 spiro atoms. The van der Waals surface area contributed by atoms with E-state index in [1.165, 1.54) is 12.4 Å². The van der Waals surface area contributed by atoms with Gasteiger partial charge < -0.3 is 11.1 Å². The lowest BCUT2D eigenvalue weighted by Crippen LogP contribution is -2.06. The van der Waals surface area contributed by atoms with E-state index in [0.717, 1.165) is 12.1 Å². The molecule has 2 rings (SSSR count). The third-order valence-corrected chi connectivity index (χ3v) is 3.84. The number of rotatable bonds is 2. The summed E-state index contributed by atoms with van der Waals surface area (Å²) in [6.07, 6.45) is -3.21. The standard InChI is InChI=1S/C11H7Br2F3N4/c12-6-2-1-5(11(14,15)16)3-7(6)20-10-8(13)9(17)18-4-19-10/h1-4H,(H3,17,18,19,20). The highest BCUT2D eigenvalue weighted by molar-refractivity contribution is 9.11. The highest BCUT2D eigenvalue weighted by Gasteiger charge is 2.31. The molecule has 0 amide bonds. The van der Waals surface area contributed by atoms with Crippen molar-refractivity contribution in [3.05, 3.63) is 39.0 Å². The van der Waals surface area contributed by atoms with Crippen molar-refractivity contribution in [2.75, 3.05) is 11.1 Å². The van der Waals surface area contributed by atoms with Crippen molar-refractivity contribution in [3.63, 3.8) is 0 Å². The van der Waals surface area contributed by atoms with E-state index in [9.17, 15) is 13.2 Å². The van der Waals surface area contributed by atoms with Crippen LogP contribution in [0.25, 0.3) is 0 Å². The maximum absolute atomic E-state index is 12.7. The van der Waals surface area contributed by atoms with Gasteiger partial charge >= 0.3 is 6.18 Å². The Morgan fingerprint density at radius 1 is 1.15 bits per heavy atom. The SMILES string of the molecule is Nc1ncnc(Nc2cc(C(F)(F)F)ccc2Br)c1Br. The number of alkyl halides is 3. The zero-order valence-corrected chi connectivity index (χ0v) is 12.8. The Morgan fingerprint density at radius 3 is 2.50 bits per heavy atom. The summed E-state index contributed by atoms with van der Waals surface area (Å²) < 4.78 is 38.9. The number of nitrogen functional groups attached to an aromatic ring is 1. The van der Waals surface area contributed by atoms with Crippen LogP contribution in [-0.4, -0.2) is 9.97 Å². The summed E-state index contributed by atoms with van der Waals surface area (Å²) in [6.45, 7) is 0. The van der Waals surface area contributed by atoms with Crippen LogP contribution in [0.2, 0.25) is 0 Å². The lowest BCUT2D eigenvalue weighted by atomic mass is 10.2. The Labute approximate surface area is 128 Å². The first-order valence-electron chi connectivity index (χ1n) is 5.19. The number of halogens is 5. The second kappa shape index (κ2) is 5.57. The molecule has 0 unspecified atom stereocenters. The molecule has 106 valence electrons. The second-order valence-corrected chi connectivity index (χ2v) is 5.39. The molecule has 0 aliphatic rings. The number of hydrogen-bond acceptors (Lipinski definition) is 4. The summed E-state index contributed by atoms with van der Waals surface area (Å²) in [7, 11) is 0. The molecule has 0 saturated carbocycles. The van der Waals surface area contributed by atoms with Crippen molar-refractivity contribution in [1.29, 1.82) is 0 Å². The maximum atomic E-state index is 12.7. The van der Waals surface area contributed by atoms with Gasteiger partial charge in [0.2, 0.25) is 0 Å². The summed E-state index contributed by atoms with van der Waals surface area (Å²) in [4.78, 5) is 7.66. The van der Waals surface area contributed by atoms with Crippen LogP contribution in [0.1, 0.15) is 5.56 Å². The molecule has 9 heteroatoms. The van der Waals surface area contributed by atoms with E-state index in [1.807, 2.05) is 0 Å². The highest BCUT2D eigenvalue weighted by atomic mass is 79.9. The molecule has 1 aromatic heterocycles. The van der Waals surface area contributed by atoms with Crippen molar-refractivity contribution in [1.82, 2.24) is 9.97 Å². The minimum absolute atomic E-state index is 0.186. The Balaban J connectivity index is 2.41. The molecule has 20 heavy (non-hydrogen) atoms. The monoisotopic (exact) mass is 410 g/mol. The topological polar surface area (TPSA) is 63.8 Å². The van der Waals surface area contributed by atoms with E-state index in [4.69, 9.17) is 5.73 Å². The number of aromatic nitrogens is 2. The summed E-state index contributed by atoms with van der Waals surface area (Å²) in [5, 5.41) is 2.77. The van der Waals surface area contributed by atoms with Crippen LogP contribution in [0.4, 0.5) is 30.5 Å². The van der Waals surface area contributed by atoms with Gasteiger partial charge in [-0.3, -0.25) is 0 Å². The van der Waals surface area contributed by atoms with Gasteiger partial charge in [0.15, 0.2) is 0 Å². The molecule has 0 aliphatic heterocycles. The van der Waals surface area contributed by atoms with E-state index in [2.05, 4.69) is 47.1 Å². The average Bonchev–Trinajstić information content (AvgIpc) is 2.36. The van der Waals surface area contributed by atoms with E-state index in [0.29, 0.717) is 8.95 Å². The average molecular weight is 412 g/mol. The van der Waals surface area contributed by atoms with Crippen molar-refractivity contribution >= 4 is 49.2 Å². The summed E-state index contributed by atoms with van der Waals surface area (Å²) >= 11 is 6.35. The molecule has 0 fully saturated rings. The van der Waals surface area contributed by atoms with Gasteiger partial charge in [0, 0.05) is 4.47 Å². The molecule has 0 radical (unpaired) electrons. The lowest BCUT2D eigenvalue weighted by molar-refractivity contribution is -0.137. The van der Waals surface area contributed by atoms with Gasteiger partial charge in [-0.2, -0.15) is 13.2 Å². The second-order valence-electron chi connectivity index (χ2n) is 3.74. The first-order chi connectivity index (χ1) is 9.29. The molecular weight excluding hydrogens is 405 g/mol. The first kappa shape index (κ1) is 15.0. The van der Waals surface area contributed by atoms with Crippen LogP contribution in [-0.2, 0) is 6.18 Å². The van der Waals surface area contributed by atoms with E-state index >= 15 is 0 Å². The maximum Gasteiger partial charge on any atom is 0.416 e. The van der Waals surface area contributed by atoms with Crippen molar-refractivity contribution in [2.45, 2.75) is 6.18 Å². The van der Waals surface area contributed by atoms with Crippen molar-refractivity contribution < 1.29 is 13.2 Å². The van der Waals surface area contributed by atoms with Gasteiger partial charge in [0.05, 0.1) is 11.3 Å². The normalized spacial score (nSPS) is 11.4. The van der Waals surface area contributed by atoms with Crippen molar-refractivity contribution in [3.8, 4) is 0 Å². The minimum Gasteiger partial charge on any atom is -0.383 e. The fraction of sp³-hybridized carbons (Fsp3) is 0.0909. The molecule has 1 aromatic carbocycles. The number of hydrogen-bond donors (Lipinski definition) is 2. The summed E-state index contributed by atoms with van der Waals surface area (Å²) in [5.41, 5.74) is 5.04. The van der Waals surface area contributed by atoms with Crippen LogP contribution < -0.4 is 11.1 Å². The Hall–Kier alpha value is -1.35. The predicted molar refractivity (Wildman–Crippen MR) is 76.6 cm³/mol. The molecule has 3 N–H and O–H groups in total. The van der Waals surface area contributed by atoms with Gasteiger partial charge in [-0.25, -0.2) is 9.97 Å². The lowest BCUT2D eigenvalue weighted by Gasteiger charge is -2.13. The van der Waals surface area contributed by atoms with E-state index < -0.39 is 11.7 Å². The molecule has 1 heterocycles. The van der Waals surface area contributed by atoms with Crippen molar-refractivity contribution in [2.24, 2.45) is 0 Å². The predicted octanol–water partition coefficient (Wildman–Crippen LogP) is 4.35. The molecule has 0 saturated heterocycles. The fourth-order valence-corrected chi connectivity index (χ4v) is 2.05. The van der Waals surface area contributed by atoms with Crippen LogP contribution in [0.5, 0.6) is 0 Å². The van der Waals surface area contributed by atoms with E-state index in [1.54, 1.807) is 0 Å². The van der Waals surface area contributed by atoms with Gasteiger partial charge in [-0.15, -0.1) is 0 Å². The molecule has 4 nitrogen and oxygen atoms in total. The molecule has 0 atom stereocenters. The highest BCUT2D eigenvalue weighted by Crippen LogP contribution is 2.36. The van der Waals surface area contributed by atoms with Gasteiger partial charge in [0.25, 0.3) is 0 Å². The third-order valence-electron chi connectivity index (χ3n) is 2.36. The smallest absolute Gasteiger partial charge is 0.383 e. The van der Waals surface area contributed by atoms with Gasteiger partial charge in [-0.1, -0.05) is 0 Å². The Morgan fingerprint density at radius 2 is 1.85 bits per heavy atom. The minimum atomic E-state index is -4.42. The molecule has 0 bridgehead atoms. The van der Waals surface area contributed by atoms with Gasteiger partial charge in [-0.05, 0) is 50.1 Å². The van der Waals surface area contributed by atoms with Gasteiger partial charge in [0.1, 0.15) is 22.4 Å². The molecular formula is C11H7Br2F3N4. The summed E-state index contributed by atoms with van der Waals surface area (Å²) in [6, 6.07) is 3.27. The zero-order valence-electron chi connectivity index (χ0n) is 9.67. The molecule has 2 aromatic rings. The number of nitrogens with zero attached hydrogens (tertiary/aromatic N) is 2. The largest absolute Gasteiger partial charge is 0.416 e. The number of nitrogens with one attached hydrogen (secondary N) is 1. The van der Waals surface area contributed by atoms with Crippen LogP contribution in [0.15, 0.2) is 33.5 Å². The van der Waals surface area contributed by atoms with E-state index in [-0.39, 0.29) is 17.3 Å². The number of anilines is 3. The first-order valence-corrected chi connectivity index (χ1v) is 6.77. The fourth-order valence-electron chi connectivity index (χ4n) is 1.40. The number of nitrogens with two attached hydrogens (primary N) is 1. The molecule has 0 aliphatic carbocycles. The third kappa shape index (κ3) is 3.21. The van der Waals surface area contributed by atoms with Crippen LogP contribution in [0.3, 0.4) is 0 Å². The number of benzene rings is 1. The van der Waals surface area contributed by atoms with Crippen LogP contribution in [0, 0.1) is 0 Å². The Bertz CT molecular complexity index is 646. The van der Waals surface area contributed by atoms with Crippen LogP contribution >= 0.6 is 31.9 Å². The quantitative estimate of drug-likeness (QED) is 0.771. The Kier molecular flexibility index (Phi) is 4.19. The summed E-state index contributed by atoms with van der Waals surface area (Å²) in [5.74, 6) is 0.461.